The summed E-state index contributed by atoms with van der Waals surface area (Å²) in [5.74, 6) is 1.06. The van der Waals surface area contributed by atoms with Gasteiger partial charge in [0.2, 0.25) is 0 Å². The number of rotatable bonds is 2. The molecule has 0 spiro atoms. The van der Waals surface area contributed by atoms with E-state index in [0.717, 1.165) is 12.4 Å². The highest BCUT2D eigenvalue weighted by Gasteiger charge is 2.19. The van der Waals surface area contributed by atoms with Gasteiger partial charge in [0.15, 0.2) is 0 Å². The molecule has 1 nitrogen and oxygen atoms in total. The van der Waals surface area contributed by atoms with Gasteiger partial charge in [0.25, 0.3) is 0 Å². The van der Waals surface area contributed by atoms with Crippen LogP contribution in [0.25, 0.3) is 0 Å². The normalized spacial score (nSPS) is 11.5. The molecular weight excluding hydrogens is 172 g/mol. The third kappa shape index (κ3) is 2.28. The number of aryl methyl sites for hydroxylation is 1. The quantitative estimate of drug-likeness (QED) is 0.694. The summed E-state index contributed by atoms with van der Waals surface area (Å²) < 4.78 is 5.69. The van der Waals surface area contributed by atoms with Crippen molar-refractivity contribution in [2.75, 3.05) is 6.61 Å². The van der Waals surface area contributed by atoms with Crippen LogP contribution in [-0.4, -0.2) is 6.61 Å². The molecule has 1 rings (SSSR count). The first-order chi connectivity index (χ1) is 6.46. The van der Waals surface area contributed by atoms with Crippen LogP contribution in [0.5, 0.6) is 5.75 Å². The minimum atomic E-state index is 0.149. The number of ether oxygens (including phenoxy) is 1. The monoisotopic (exact) mass is 192 g/mol. The Balaban J connectivity index is 3.21. The minimum absolute atomic E-state index is 0.149. The van der Waals surface area contributed by atoms with Crippen LogP contribution in [0.3, 0.4) is 0 Å². The van der Waals surface area contributed by atoms with E-state index in [-0.39, 0.29) is 5.41 Å². The molecule has 78 valence electrons. The van der Waals surface area contributed by atoms with Gasteiger partial charge in [-0.05, 0) is 30.4 Å². The third-order valence-corrected chi connectivity index (χ3v) is 2.31. The molecule has 0 aliphatic rings. The standard InChI is InChI=1S/C13H20O/c1-6-14-12-10(2)8-7-9-11(12)13(3,4)5/h7-9H,6H2,1-5H3. The lowest BCUT2D eigenvalue weighted by Crippen LogP contribution is -2.14. The van der Waals surface area contributed by atoms with E-state index in [1.807, 2.05) is 6.92 Å². The maximum Gasteiger partial charge on any atom is 0.125 e. The number of benzene rings is 1. The summed E-state index contributed by atoms with van der Waals surface area (Å²) >= 11 is 0. The Bertz CT molecular complexity index is 308. The molecule has 0 atom stereocenters. The molecule has 0 fully saturated rings. The van der Waals surface area contributed by atoms with Crippen LogP contribution in [0, 0.1) is 6.92 Å². The molecule has 14 heavy (non-hydrogen) atoms. The lowest BCUT2D eigenvalue weighted by atomic mass is 9.85. The Morgan fingerprint density at radius 3 is 2.36 bits per heavy atom. The molecule has 0 aliphatic heterocycles. The summed E-state index contributed by atoms with van der Waals surface area (Å²) in [5.41, 5.74) is 2.66. The van der Waals surface area contributed by atoms with E-state index in [9.17, 15) is 0 Å². The SMILES string of the molecule is CCOc1c(C)cccc1C(C)(C)C. The molecule has 0 aromatic heterocycles. The predicted octanol–water partition coefficient (Wildman–Crippen LogP) is 3.69. The van der Waals surface area contributed by atoms with Crippen molar-refractivity contribution in [2.45, 2.75) is 40.0 Å². The van der Waals surface area contributed by atoms with Crippen molar-refractivity contribution in [3.05, 3.63) is 29.3 Å². The van der Waals surface area contributed by atoms with E-state index in [4.69, 9.17) is 4.74 Å². The molecule has 1 heteroatoms. The molecular formula is C13H20O. The highest BCUT2D eigenvalue weighted by molar-refractivity contribution is 5.44. The van der Waals surface area contributed by atoms with Crippen molar-refractivity contribution in [1.82, 2.24) is 0 Å². The van der Waals surface area contributed by atoms with Crippen LogP contribution in [0.15, 0.2) is 18.2 Å². The van der Waals surface area contributed by atoms with E-state index in [2.05, 4.69) is 45.9 Å². The van der Waals surface area contributed by atoms with Crippen molar-refractivity contribution in [1.29, 1.82) is 0 Å². The van der Waals surface area contributed by atoms with Crippen LogP contribution < -0.4 is 4.74 Å². The number of hydrogen-bond donors (Lipinski definition) is 0. The van der Waals surface area contributed by atoms with Crippen LogP contribution in [0.2, 0.25) is 0 Å². The lowest BCUT2D eigenvalue weighted by molar-refractivity contribution is 0.327. The average Bonchev–Trinajstić information content (AvgIpc) is 2.07. The van der Waals surface area contributed by atoms with Crippen molar-refractivity contribution in [2.24, 2.45) is 0 Å². The van der Waals surface area contributed by atoms with Crippen LogP contribution in [0.1, 0.15) is 38.8 Å². The fourth-order valence-electron chi connectivity index (χ4n) is 1.58. The lowest BCUT2D eigenvalue weighted by Gasteiger charge is -2.23. The second-order valence-electron chi connectivity index (χ2n) is 4.63. The molecule has 0 heterocycles. The van der Waals surface area contributed by atoms with E-state index < -0.39 is 0 Å². The van der Waals surface area contributed by atoms with Crippen molar-refractivity contribution in [3.63, 3.8) is 0 Å². The van der Waals surface area contributed by atoms with Gasteiger partial charge in [0.05, 0.1) is 6.61 Å². The molecule has 1 aromatic rings. The summed E-state index contributed by atoms with van der Waals surface area (Å²) in [6.45, 7) is 11.5. The van der Waals surface area contributed by atoms with Gasteiger partial charge in [-0.1, -0.05) is 39.0 Å². The van der Waals surface area contributed by atoms with Crippen molar-refractivity contribution >= 4 is 0 Å². The zero-order valence-corrected chi connectivity index (χ0v) is 9.85. The molecule has 0 N–H and O–H groups in total. The zero-order chi connectivity index (χ0) is 10.8. The van der Waals surface area contributed by atoms with Crippen molar-refractivity contribution < 1.29 is 4.74 Å². The Kier molecular flexibility index (Phi) is 3.20. The van der Waals surface area contributed by atoms with E-state index in [1.54, 1.807) is 0 Å². The van der Waals surface area contributed by atoms with Crippen LogP contribution in [-0.2, 0) is 5.41 Å². The number of hydrogen-bond acceptors (Lipinski definition) is 1. The molecule has 0 radical (unpaired) electrons. The van der Waals surface area contributed by atoms with Gasteiger partial charge >= 0.3 is 0 Å². The summed E-state index contributed by atoms with van der Waals surface area (Å²) in [6, 6.07) is 6.34. The fraction of sp³-hybridized carbons (Fsp3) is 0.538. The number of para-hydroxylation sites is 1. The highest BCUT2D eigenvalue weighted by Crippen LogP contribution is 2.33. The zero-order valence-electron chi connectivity index (χ0n) is 9.85. The molecule has 0 saturated heterocycles. The first-order valence-electron chi connectivity index (χ1n) is 5.19. The van der Waals surface area contributed by atoms with E-state index in [1.165, 1.54) is 11.1 Å². The van der Waals surface area contributed by atoms with Gasteiger partial charge in [0, 0.05) is 0 Å². The van der Waals surface area contributed by atoms with E-state index >= 15 is 0 Å². The molecule has 0 amide bonds. The average molecular weight is 192 g/mol. The molecule has 0 saturated carbocycles. The topological polar surface area (TPSA) is 9.23 Å². The van der Waals surface area contributed by atoms with Gasteiger partial charge in [-0.25, -0.2) is 0 Å². The van der Waals surface area contributed by atoms with Gasteiger partial charge in [-0.15, -0.1) is 0 Å². The Labute approximate surface area is 87.1 Å². The Morgan fingerprint density at radius 2 is 1.86 bits per heavy atom. The second-order valence-corrected chi connectivity index (χ2v) is 4.63. The van der Waals surface area contributed by atoms with Crippen molar-refractivity contribution in [3.8, 4) is 5.75 Å². The van der Waals surface area contributed by atoms with Gasteiger partial charge < -0.3 is 4.74 Å². The Hall–Kier alpha value is -0.980. The summed E-state index contributed by atoms with van der Waals surface area (Å²) in [6.07, 6.45) is 0. The third-order valence-electron chi connectivity index (χ3n) is 2.31. The fourth-order valence-corrected chi connectivity index (χ4v) is 1.58. The van der Waals surface area contributed by atoms with Gasteiger partial charge in [0.1, 0.15) is 5.75 Å². The summed E-state index contributed by atoms with van der Waals surface area (Å²) in [7, 11) is 0. The summed E-state index contributed by atoms with van der Waals surface area (Å²) in [5, 5.41) is 0. The smallest absolute Gasteiger partial charge is 0.125 e. The molecule has 0 bridgehead atoms. The van der Waals surface area contributed by atoms with Gasteiger partial charge in [-0.2, -0.15) is 0 Å². The second kappa shape index (κ2) is 4.04. The highest BCUT2D eigenvalue weighted by atomic mass is 16.5. The molecule has 0 aliphatic carbocycles. The first kappa shape index (κ1) is 11.1. The molecule has 0 unspecified atom stereocenters. The van der Waals surface area contributed by atoms with Gasteiger partial charge in [-0.3, -0.25) is 0 Å². The predicted molar refractivity (Wildman–Crippen MR) is 61.0 cm³/mol. The van der Waals surface area contributed by atoms with Crippen LogP contribution >= 0.6 is 0 Å². The first-order valence-corrected chi connectivity index (χ1v) is 5.19. The van der Waals surface area contributed by atoms with E-state index in [0.29, 0.717) is 0 Å². The Morgan fingerprint density at radius 1 is 1.21 bits per heavy atom. The van der Waals surface area contributed by atoms with Crippen LogP contribution in [0.4, 0.5) is 0 Å². The molecule has 1 aromatic carbocycles. The summed E-state index contributed by atoms with van der Waals surface area (Å²) in [4.78, 5) is 0. The largest absolute Gasteiger partial charge is 0.493 e. The maximum atomic E-state index is 5.69. The minimum Gasteiger partial charge on any atom is -0.493 e. The maximum absolute atomic E-state index is 5.69.